The number of rotatable bonds is 10. The highest BCUT2D eigenvalue weighted by Gasteiger charge is 2.56. The number of halogens is 2. The Hall–Kier alpha value is -1.47. The molecule has 0 spiro atoms. The minimum atomic E-state index is -2.04. The molecule has 2 aliphatic heterocycles. The predicted octanol–water partition coefficient (Wildman–Crippen LogP) is 6.34. The van der Waals surface area contributed by atoms with Gasteiger partial charge in [0.05, 0.1) is 22.4 Å². The van der Waals surface area contributed by atoms with E-state index in [1.807, 2.05) is 38.1 Å². The standard InChI is InChI=1S/C29H40BrClN2O6SSi/c1-28(2,3)41(6,7)37-17-18(16-36-20-10-8-9-19(30)13-20)14-32-26(34)24-25-21(38-29(4,5)39-25)15-33(24)27(35)22-11-12-23(31)40-22/h8-13,18,21,24-25H,14-17H2,1-7H3,(H,32,34)/t18-,21-,24-,25-/m1/s1. The zero-order valence-electron chi connectivity index (χ0n) is 24.7. The van der Waals surface area contributed by atoms with Gasteiger partial charge in [-0.2, -0.15) is 0 Å². The van der Waals surface area contributed by atoms with E-state index in [1.54, 1.807) is 17.0 Å². The van der Waals surface area contributed by atoms with Gasteiger partial charge in [-0.25, -0.2) is 0 Å². The van der Waals surface area contributed by atoms with Gasteiger partial charge in [-0.3, -0.25) is 9.59 Å². The number of nitrogens with zero attached hydrogens (tertiary/aromatic N) is 1. The first-order valence-electron chi connectivity index (χ1n) is 13.8. The summed E-state index contributed by atoms with van der Waals surface area (Å²) < 4.78 is 26.2. The van der Waals surface area contributed by atoms with Crippen molar-refractivity contribution in [1.82, 2.24) is 10.2 Å². The molecular formula is C29H40BrClN2O6SSi. The van der Waals surface area contributed by atoms with Crippen molar-refractivity contribution in [3.63, 3.8) is 0 Å². The summed E-state index contributed by atoms with van der Waals surface area (Å²) in [4.78, 5) is 29.2. The highest BCUT2D eigenvalue weighted by atomic mass is 79.9. The molecule has 41 heavy (non-hydrogen) atoms. The zero-order chi connectivity index (χ0) is 30.2. The van der Waals surface area contributed by atoms with Gasteiger partial charge < -0.3 is 28.9 Å². The molecule has 2 fully saturated rings. The first kappa shape index (κ1) is 32.4. The number of hydrogen-bond acceptors (Lipinski definition) is 7. The molecule has 12 heteroatoms. The molecule has 0 radical (unpaired) electrons. The second-order valence-corrected chi connectivity index (χ2v) is 20.0. The van der Waals surface area contributed by atoms with Crippen molar-refractivity contribution in [2.24, 2.45) is 5.92 Å². The van der Waals surface area contributed by atoms with E-state index in [2.05, 4.69) is 55.1 Å². The quantitative estimate of drug-likeness (QED) is 0.294. The third kappa shape index (κ3) is 7.93. The van der Waals surface area contributed by atoms with Crippen molar-refractivity contribution in [3.8, 4) is 5.75 Å². The topological polar surface area (TPSA) is 86.3 Å². The number of nitrogens with one attached hydrogen (secondary N) is 1. The summed E-state index contributed by atoms with van der Waals surface area (Å²) in [6, 6.07) is 10.2. The van der Waals surface area contributed by atoms with Gasteiger partial charge >= 0.3 is 0 Å². The van der Waals surface area contributed by atoms with E-state index in [9.17, 15) is 9.59 Å². The van der Waals surface area contributed by atoms with Crippen LogP contribution >= 0.6 is 38.9 Å². The molecule has 2 saturated heterocycles. The molecule has 0 unspecified atom stereocenters. The van der Waals surface area contributed by atoms with Gasteiger partial charge in [0.15, 0.2) is 14.1 Å². The van der Waals surface area contributed by atoms with Crippen LogP contribution < -0.4 is 10.1 Å². The number of fused-ring (bicyclic) bond motifs is 1. The Morgan fingerprint density at radius 3 is 2.59 bits per heavy atom. The van der Waals surface area contributed by atoms with Crippen molar-refractivity contribution in [1.29, 1.82) is 0 Å². The van der Waals surface area contributed by atoms with Crippen LogP contribution in [0.3, 0.4) is 0 Å². The van der Waals surface area contributed by atoms with Crippen LogP contribution in [0.1, 0.15) is 44.3 Å². The lowest BCUT2D eigenvalue weighted by atomic mass is 10.1. The maximum atomic E-state index is 13.8. The van der Waals surface area contributed by atoms with E-state index in [0.29, 0.717) is 29.0 Å². The molecule has 2 aliphatic rings. The van der Waals surface area contributed by atoms with Crippen molar-refractivity contribution in [2.75, 3.05) is 26.3 Å². The first-order chi connectivity index (χ1) is 19.1. The third-order valence-corrected chi connectivity index (χ3v) is 14.1. The predicted molar refractivity (Wildman–Crippen MR) is 167 cm³/mol. The fraction of sp³-hybridized carbons (Fsp3) is 0.586. The zero-order valence-corrected chi connectivity index (χ0v) is 28.8. The van der Waals surface area contributed by atoms with Gasteiger partial charge in [0.1, 0.15) is 24.0 Å². The maximum Gasteiger partial charge on any atom is 0.264 e. The summed E-state index contributed by atoms with van der Waals surface area (Å²) in [6.45, 7) is 16.0. The molecule has 2 amide bonds. The Morgan fingerprint density at radius 2 is 1.95 bits per heavy atom. The van der Waals surface area contributed by atoms with Crippen molar-refractivity contribution < 1.29 is 28.2 Å². The van der Waals surface area contributed by atoms with E-state index in [-0.39, 0.29) is 29.3 Å². The smallest absolute Gasteiger partial charge is 0.264 e. The lowest BCUT2D eigenvalue weighted by molar-refractivity contribution is -0.162. The second kappa shape index (κ2) is 12.6. The highest BCUT2D eigenvalue weighted by Crippen LogP contribution is 2.39. The lowest BCUT2D eigenvalue weighted by Crippen LogP contribution is -2.52. The Kier molecular flexibility index (Phi) is 10.00. The van der Waals surface area contributed by atoms with E-state index in [0.717, 1.165) is 10.2 Å². The van der Waals surface area contributed by atoms with Gasteiger partial charge in [0, 0.05) is 23.5 Å². The average Bonchev–Trinajstić information content (AvgIpc) is 3.53. The summed E-state index contributed by atoms with van der Waals surface area (Å²) in [6.07, 6.45) is -0.984. The van der Waals surface area contributed by atoms with E-state index in [1.165, 1.54) is 11.3 Å². The number of thiophene rings is 1. The second-order valence-electron chi connectivity index (χ2n) is 12.6. The highest BCUT2D eigenvalue weighted by molar-refractivity contribution is 9.10. The van der Waals surface area contributed by atoms with Gasteiger partial charge in [0.2, 0.25) is 5.91 Å². The number of benzene rings is 1. The van der Waals surface area contributed by atoms with Gasteiger partial charge in [-0.15, -0.1) is 11.3 Å². The van der Waals surface area contributed by atoms with Crippen LogP contribution in [0.15, 0.2) is 40.9 Å². The van der Waals surface area contributed by atoms with Crippen molar-refractivity contribution in [2.45, 2.75) is 76.8 Å². The molecule has 0 bridgehead atoms. The van der Waals surface area contributed by atoms with Crippen LogP contribution in [-0.4, -0.2) is 75.4 Å². The monoisotopic (exact) mass is 686 g/mol. The summed E-state index contributed by atoms with van der Waals surface area (Å²) in [7, 11) is -2.04. The van der Waals surface area contributed by atoms with Gasteiger partial charge in [0.25, 0.3) is 5.91 Å². The summed E-state index contributed by atoms with van der Waals surface area (Å²) in [5.41, 5.74) is 0. The Labute approximate surface area is 261 Å². The van der Waals surface area contributed by atoms with E-state index >= 15 is 0 Å². The number of likely N-dealkylation sites (tertiary alicyclic amines) is 1. The summed E-state index contributed by atoms with van der Waals surface area (Å²) in [5, 5.41) is 3.13. The SMILES string of the molecule is CC1(C)O[C@@H]2[C@@H](CN(C(=O)c3ccc(Cl)s3)[C@H]2C(=O)NC[C@H](COc2cccc(Br)c2)CO[Si](C)(C)C(C)(C)C)O1. The molecule has 3 heterocycles. The molecular weight excluding hydrogens is 648 g/mol. The number of hydrogen-bond donors (Lipinski definition) is 1. The van der Waals surface area contributed by atoms with Crippen LogP contribution in [0.5, 0.6) is 5.75 Å². The minimum Gasteiger partial charge on any atom is -0.493 e. The summed E-state index contributed by atoms with van der Waals surface area (Å²) in [5.74, 6) is -0.799. The first-order valence-corrected chi connectivity index (χ1v) is 18.7. The van der Waals surface area contributed by atoms with Crippen molar-refractivity contribution in [3.05, 3.63) is 50.1 Å². The molecule has 1 N–H and O–H groups in total. The number of ether oxygens (including phenoxy) is 3. The minimum absolute atomic E-state index is 0.0446. The average molecular weight is 688 g/mol. The van der Waals surface area contributed by atoms with Gasteiger partial charge in [-0.1, -0.05) is 54.4 Å². The molecule has 4 rings (SSSR count). The fourth-order valence-corrected chi connectivity index (χ4v) is 7.12. The molecule has 8 nitrogen and oxygen atoms in total. The third-order valence-electron chi connectivity index (χ3n) is 7.89. The largest absolute Gasteiger partial charge is 0.493 e. The number of carbonyl (C=O) groups is 2. The summed E-state index contributed by atoms with van der Waals surface area (Å²) >= 11 is 10.8. The molecule has 0 saturated carbocycles. The molecule has 4 atom stereocenters. The Bertz CT molecular complexity index is 1250. The van der Waals surface area contributed by atoms with Gasteiger partial charge in [-0.05, 0) is 62.3 Å². The molecule has 0 aliphatic carbocycles. The van der Waals surface area contributed by atoms with Crippen molar-refractivity contribution >= 4 is 59.0 Å². The normalized spacial score (nSPS) is 22.9. The van der Waals surface area contributed by atoms with Crippen LogP contribution in [0.25, 0.3) is 0 Å². The molecule has 1 aromatic heterocycles. The van der Waals surface area contributed by atoms with Crippen LogP contribution in [0.4, 0.5) is 0 Å². The van der Waals surface area contributed by atoms with E-state index < -0.39 is 32.4 Å². The Morgan fingerprint density at radius 1 is 1.22 bits per heavy atom. The Balaban J connectivity index is 1.49. The van der Waals surface area contributed by atoms with Crippen LogP contribution in [0.2, 0.25) is 22.5 Å². The number of carbonyl (C=O) groups excluding carboxylic acids is 2. The van der Waals surface area contributed by atoms with E-state index in [4.69, 9.17) is 30.2 Å². The fourth-order valence-electron chi connectivity index (χ4n) is 4.66. The molecule has 2 aromatic rings. The maximum absolute atomic E-state index is 13.8. The molecule has 226 valence electrons. The lowest BCUT2D eigenvalue weighted by Gasteiger charge is -2.37. The van der Waals surface area contributed by atoms with Crippen LogP contribution in [-0.2, 0) is 18.7 Å². The number of amides is 2. The van der Waals surface area contributed by atoms with Crippen LogP contribution in [0, 0.1) is 5.92 Å². The molecule has 1 aromatic carbocycles.